The molecular formula is C26H26N4O2S. The molecule has 1 heterocycles. The fourth-order valence-electron chi connectivity index (χ4n) is 3.48. The molecule has 1 N–H and O–H groups in total. The van der Waals surface area contributed by atoms with Crippen LogP contribution in [0.2, 0.25) is 0 Å². The Morgan fingerprint density at radius 1 is 1.03 bits per heavy atom. The number of amides is 1. The number of nitrogens with one attached hydrogen (secondary N) is 1. The predicted molar refractivity (Wildman–Crippen MR) is 132 cm³/mol. The predicted octanol–water partition coefficient (Wildman–Crippen LogP) is 4.65. The van der Waals surface area contributed by atoms with Gasteiger partial charge in [0.1, 0.15) is 12.4 Å². The Kier molecular flexibility index (Phi) is 7.76. The quantitative estimate of drug-likeness (QED) is 0.262. The van der Waals surface area contributed by atoms with Crippen molar-refractivity contribution in [2.75, 3.05) is 12.3 Å². The van der Waals surface area contributed by atoms with Gasteiger partial charge in [0.2, 0.25) is 5.91 Å². The lowest BCUT2D eigenvalue weighted by Crippen LogP contribution is -2.27. The van der Waals surface area contributed by atoms with Gasteiger partial charge in [0.25, 0.3) is 0 Å². The Labute approximate surface area is 197 Å². The monoisotopic (exact) mass is 458 g/mol. The van der Waals surface area contributed by atoms with Gasteiger partial charge in [-0.2, -0.15) is 0 Å². The van der Waals surface area contributed by atoms with E-state index in [1.54, 1.807) is 6.08 Å². The fraction of sp³-hybridized carbons (Fsp3) is 0.192. The van der Waals surface area contributed by atoms with Gasteiger partial charge in [0.05, 0.1) is 5.75 Å². The molecule has 0 fully saturated rings. The van der Waals surface area contributed by atoms with E-state index in [9.17, 15) is 4.79 Å². The van der Waals surface area contributed by atoms with Gasteiger partial charge in [-0.25, -0.2) is 0 Å². The third kappa shape index (κ3) is 6.02. The van der Waals surface area contributed by atoms with Crippen LogP contribution in [0, 0.1) is 0 Å². The zero-order valence-corrected chi connectivity index (χ0v) is 19.1. The van der Waals surface area contributed by atoms with Crippen LogP contribution in [-0.2, 0) is 24.4 Å². The summed E-state index contributed by atoms with van der Waals surface area (Å²) in [6, 6.07) is 24.2. The lowest BCUT2D eigenvalue weighted by Gasteiger charge is -2.11. The number of thioether (sulfide) groups is 1. The molecule has 6 nitrogen and oxygen atoms in total. The van der Waals surface area contributed by atoms with Gasteiger partial charge >= 0.3 is 0 Å². The van der Waals surface area contributed by atoms with Crippen molar-refractivity contribution in [2.45, 2.75) is 24.7 Å². The Morgan fingerprint density at radius 3 is 2.67 bits per heavy atom. The van der Waals surface area contributed by atoms with E-state index in [2.05, 4.69) is 46.4 Å². The molecule has 168 valence electrons. The summed E-state index contributed by atoms with van der Waals surface area (Å²) in [5.41, 5.74) is 1.20. The van der Waals surface area contributed by atoms with Crippen molar-refractivity contribution in [3.63, 3.8) is 0 Å². The van der Waals surface area contributed by atoms with E-state index in [0.717, 1.165) is 22.9 Å². The Bertz CT molecular complexity index is 1220. The Balaban J connectivity index is 1.34. The van der Waals surface area contributed by atoms with Crippen LogP contribution in [0.25, 0.3) is 10.8 Å². The summed E-state index contributed by atoms with van der Waals surface area (Å²) in [7, 11) is 0. The highest BCUT2D eigenvalue weighted by Crippen LogP contribution is 2.26. The molecule has 1 aromatic heterocycles. The molecule has 0 bridgehead atoms. The summed E-state index contributed by atoms with van der Waals surface area (Å²) in [4.78, 5) is 12.3. The van der Waals surface area contributed by atoms with E-state index < -0.39 is 0 Å². The standard InChI is InChI=1S/C26H26N4O2S/c1-2-17-30-24(18-32-23-14-8-12-21-11-6-7-13-22(21)23)28-29-26(30)33-19-25(31)27-16-15-20-9-4-3-5-10-20/h2-14H,1,15-19H2,(H,27,31). The molecule has 0 saturated carbocycles. The SMILES string of the molecule is C=CCn1c(COc2cccc3ccccc23)nnc1SCC(=O)NCCc1ccccc1. The maximum Gasteiger partial charge on any atom is 0.230 e. The smallest absolute Gasteiger partial charge is 0.230 e. The highest BCUT2D eigenvalue weighted by molar-refractivity contribution is 7.99. The molecule has 0 unspecified atom stereocenters. The van der Waals surface area contributed by atoms with Gasteiger partial charge in [0, 0.05) is 18.5 Å². The number of benzene rings is 3. The number of nitrogens with zero attached hydrogens (tertiary/aromatic N) is 3. The fourth-order valence-corrected chi connectivity index (χ4v) is 4.28. The van der Waals surface area contributed by atoms with Gasteiger partial charge in [-0.05, 0) is 23.4 Å². The normalized spacial score (nSPS) is 10.8. The van der Waals surface area contributed by atoms with Crippen LogP contribution in [0.15, 0.2) is 90.6 Å². The van der Waals surface area contributed by atoms with Crippen molar-refractivity contribution in [3.05, 3.63) is 96.8 Å². The first kappa shape index (κ1) is 22.6. The lowest BCUT2D eigenvalue weighted by atomic mass is 10.1. The van der Waals surface area contributed by atoms with Crippen LogP contribution in [0.3, 0.4) is 0 Å². The van der Waals surface area contributed by atoms with E-state index in [-0.39, 0.29) is 18.3 Å². The van der Waals surface area contributed by atoms with Gasteiger partial charge < -0.3 is 10.1 Å². The van der Waals surface area contributed by atoms with E-state index in [1.807, 2.05) is 53.1 Å². The molecular weight excluding hydrogens is 432 g/mol. The van der Waals surface area contributed by atoms with Crippen molar-refractivity contribution in [1.82, 2.24) is 20.1 Å². The molecule has 3 aromatic carbocycles. The van der Waals surface area contributed by atoms with Gasteiger partial charge in [-0.15, -0.1) is 16.8 Å². The van der Waals surface area contributed by atoms with Crippen molar-refractivity contribution >= 4 is 28.4 Å². The molecule has 7 heteroatoms. The summed E-state index contributed by atoms with van der Waals surface area (Å²) in [5.74, 6) is 1.73. The van der Waals surface area contributed by atoms with Crippen LogP contribution in [0.4, 0.5) is 0 Å². The summed E-state index contributed by atoms with van der Waals surface area (Å²) in [6.07, 6.45) is 2.59. The molecule has 0 radical (unpaired) electrons. The number of allylic oxidation sites excluding steroid dienone is 1. The third-order valence-corrected chi connectivity index (χ3v) is 6.09. The van der Waals surface area contributed by atoms with E-state index in [4.69, 9.17) is 4.74 Å². The van der Waals surface area contributed by atoms with E-state index in [1.165, 1.54) is 17.3 Å². The van der Waals surface area contributed by atoms with Gasteiger partial charge in [0.15, 0.2) is 11.0 Å². The Morgan fingerprint density at radius 2 is 1.82 bits per heavy atom. The summed E-state index contributed by atoms with van der Waals surface area (Å²) in [6.45, 7) is 5.26. The van der Waals surface area contributed by atoms with Crippen LogP contribution < -0.4 is 10.1 Å². The lowest BCUT2D eigenvalue weighted by molar-refractivity contribution is -0.118. The molecule has 0 saturated heterocycles. The minimum absolute atomic E-state index is 0.0300. The molecule has 1 amide bonds. The van der Waals surface area contributed by atoms with Gasteiger partial charge in [-0.3, -0.25) is 9.36 Å². The number of carbonyl (C=O) groups is 1. The summed E-state index contributed by atoms with van der Waals surface area (Å²) in [5, 5.41) is 14.4. The van der Waals surface area contributed by atoms with Crippen molar-refractivity contribution in [1.29, 1.82) is 0 Å². The second kappa shape index (κ2) is 11.3. The highest BCUT2D eigenvalue weighted by Gasteiger charge is 2.14. The largest absolute Gasteiger partial charge is 0.485 e. The second-order valence-corrected chi connectivity index (χ2v) is 8.38. The second-order valence-electron chi connectivity index (χ2n) is 7.44. The highest BCUT2D eigenvalue weighted by atomic mass is 32.2. The van der Waals surface area contributed by atoms with E-state index in [0.29, 0.717) is 24.1 Å². The molecule has 0 atom stereocenters. The minimum atomic E-state index is -0.0300. The first-order valence-corrected chi connectivity index (χ1v) is 11.8. The molecule has 0 spiro atoms. The number of aromatic nitrogens is 3. The molecule has 0 aliphatic heterocycles. The Hall–Kier alpha value is -3.58. The molecule has 4 aromatic rings. The van der Waals surface area contributed by atoms with Crippen LogP contribution in [0.1, 0.15) is 11.4 Å². The third-order valence-electron chi connectivity index (χ3n) is 5.12. The topological polar surface area (TPSA) is 69.0 Å². The minimum Gasteiger partial charge on any atom is -0.485 e. The maximum atomic E-state index is 12.3. The zero-order chi connectivity index (χ0) is 22.9. The number of ether oxygens (including phenoxy) is 1. The first-order chi connectivity index (χ1) is 16.2. The van der Waals surface area contributed by atoms with Crippen LogP contribution in [0.5, 0.6) is 5.75 Å². The molecule has 0 aliphatic carbocycles. The summed E-state index contributed by atoms with van der Waals surface area (Å²) < 4.78 is 8.01. The zero-order valence-electron chi connectivity index (χ0n) is 18.3. The molecule has 0 aliphatic rings. The summed E-state index contributed by atoms with van der Waals surface area (Å²) >= 11 is 1.36. The van der Waals surface area contributed by atoms with Crippen molar-refractivity contribution < 1.29 is 9.53 Å². The number of rotatable bonds is 11. The van der Waals surface area contributed by atoms with E-state index >= 15 is 0 Å². The van der Waals surface area contributed by atoms with Crippen LogP contribution >= 0.6 is 11.8 Å². The number of hydrogen-bond donors (Lipinski definition) is 1. The molecule has 4 rings (SSSR count). The molecule has 33 heavy (non-hydrogen) atoms. The van der Waals surface area contributed by atoms with Gasteiger partial charge in [-0.1, -0.05) is 84.6 Å². The average Bonchev–Trinajstić information content (AvgIpc) is 3.23. The van der Waals surface area contributed by atoms with Crippen LogP contribution in [-0.4, -0.2) is 33.0 Å². The number of fused-ring (bicyclic) bond motifs is 1. The van der Waals surface area contributed by atoms with Crippen molar-refractivity contribution in [3.8, 4) is 5.75 Å². The van der Waals surface area contributed by atoms with Crippen molar-refractivity contribution in [2.24, 2.45) is 0 Å². The number of hydrogen-bond acceptors (Lipinski definition) is 5. The number of carbonyl (C=O) groups excluding carboxylic acids is 1. The average molecular weight is 459 g/mol. The maximum absolute atomic E-state index is 12.3. The first-order valence-electron chi connectivity index (χ1n) is 10.8.